The van der Waals surface area contributed by atoms with Gasteiger partial charge in [0, 0.05) is 23.2 Å². The molecule has 0 bridgehead atoms. The number of carbonyl (C=O) groups is 1. The summed E-state index contributed by atoms with van der Waals surface area (Å²) in [5.41, 5.74) is 7.78. The maximum absolute atomic E-state index is 13.9. The Morgan fingerprint density at radius 1 is 0.692 bits per heavy atom. The van der Waals surface area contributed by atoms with Gasteiger partial charge < -0.3 is 10.1 Å². The molecule has 3 heteroatoms. The Morgan fingerprint density at radius 3 is 2.21 bits per heavy atom. The summed E-state index contributed by atoms with van der Waals surface area (Å²) in [4.78, 5) is 13.9. The Bertz CT molecular complexity index is 1690. The van der Waals surface area contributed by atoms with Crippen molar-refractivity contribution in [3.8, 4) is 5.75 Å². The zero-order chi connectivity index (χ0) is 26.2. The van der Waals surface area contributed by atoms with Gasteiger partial charge in [-0.3, -0.25) is 4.79 Å². The van der Waals surface area contributed by atoms with Gasteiger partial charge in [-0.25, -0.2) is 0 Å². The lowest BCUT2D eigenvalue weighted by Crippen LogP contribution is -2.29. The van der Waals surface area contributed by atoms with Crippen molar-refractivity contribution in [2.24, 2.45) is 0 Å². The van der Waals surface area contributed by atoms with Crippen LogP contribution in [0.15, 0.2) is 127 Å². The number of anilines is 1. The van der Waals surface area contributed by atoms with Gasteiger partial charge in [-0.2, -0.15) is 0 Å². The van der Waals surface area contributed by atoms with Crippen LogP contribution in [0.5, 0.6) is 5.75 Å². The molecule has 0 radical (unpaired) electrons. The number of ether oxygens (including phenoxy) is 1. The number of nitrogens with one attached hydrogen (secondary N) is 1. The first-order valence-corrected chi connectivity index (χ1v) is 13.6. The van der Waals surface area contributed by atoms with E-state index in [2.05, 4.69) is 90.2 Å². The zero-order valence-electron chi connectivity index (χ0n) is 21.6. The summed E-state index contributed by atoms with van der Waals surface area (Å²) >= 11 is 0. The number of allylic oxidation sites excluding steroid dienone is 1. The van der Waals surface area contributed by atoms with Crippen molar-refractivity contribution in [2.45, 2.75) is 31.4 Å². The summed E-state index contributed by atoms with van der Waals surface area (Å²) < 4.78 is 6.03. The first-order valence-electron chi connectivity index (χ1n) is 13.6. The Balaban J connectivity index is 1.28. The molecule has 7 rings (SSSR count). The second-order valence-corrected chi connectivity index (χ2v) is 10.5. The number of benzene rings is 5. The van der Waals surface area contributed by atoms with Crippen molar-refractivity contribution in [1.82, 2.24) is 0 Å². The number of Topliss-reactive ketones (excluding diaryl/α,β-unsaturated/α-hetero) is 1. The van der Waals surface area contributed by atoms with Crippen LogP contribution in [0.3, 0.4) is 0 Å². The van der Waals surface area contributed by atoms with E-state index in [1.807, 2.05) is 36.4 Å². The zero-order valence-corrected chi connectivity index (χ0v) is 21.6. The molecular weight excluding hydrogens is 478 g/mol. The summed E-state index contributed by atoms with van der Waals surface area (Å²) in [6.45, 7) is 0.525. The second kappa shape index (κ2) is 9.92. The van der Waals surface area contributed by atoms with Crippen LogP contribution in [0.2, 0.25) is 0 Å². The lowest BCUT2D eigenvalue weighted by molar-refractivity contribution is -0.116. The first kappa shape index (κ1) is 23.5. The molecule has 5 aromatic carbocycles. The van der Waals surface area contributed by atoms with Gasteiger partial charge >= 0.3 is 0 Å². The molecule has 2 atom stereocenters. The van der Waals surface area contributed by atoms with Gasteiger partial charge in [-0.15, -0.1) is 0 Å². The van der Waals surface area contributed by atoms with E-state index >= 15 is 0 Å². The molecule has 0 amide bonds. The molecule has 1 aliphatic heterocycles. The highest BCUT2D eigenvalue weighted by atomic mass is 16.5. The minimum Gasteiger partial charge on any atom is -0.489 e. The Kier molecular flexibility index (Phi) is 5.97. The van der Waals surface area contributed by atoms with E-state index in [1.54, 1.807) is 0 Å². The lowest BCUT2D eigenvalue weighted by atomic mass is 9.71. The van der Waals surface area contributed by atoms with Crippen LogP contribution in [0.1, 0.15) is 47.1 Å². The van der Waals surface area contributed by atoms with E-state index in [0.29, 0.717) is 13.0 Å². The molecule has 1 heterocycles. The highest BCUT2D eigenvalue weighted by molar-refractivity contribution is 6.13. The van der Waals surface area contributed by atoms with Crippen molar-refractivity contribution >= 4 is 27.8 Å². The van der Waals surface area contributed by atoms with Crippen LogP contribution >= 0.6 is 0 Å². The molecule has 190 valence electrons. The fourth-order valence-corrected chi connectivity index (χ4v) is 6.16. The largest absolute Gasteiger partial charge is 0.489 e. The summed E-state index contributed by atoms with van der Waals surface area (Å²) in [6, 6.07) is 41.5. The molecule has 0 saturated heterocycles. The molecule has 0 aromatic heterocycles. The van der Waals surface area contributed by atoms with Gasteiger partial charge in [0.05, 0.1) is 6.04 Å². The molecule has 39 heavy (non-hydrogen) atoms. The van der Waals surface area contributed by atoms with E-state index in [1.165, 1.54) is 27.5 Å². The van der Waals surface area contributed by atoms with Crippen molar-refractivity contribution in [2.75, 3.05) is 5.32 Å². The van der Waals surface area contributed by atoms with Gasteiger partial charge in [0.25, 0.3) is 0 Å². The van der Waals surface area contributed by atoms with Crippen LogP contribution in [0.25, 0.3) is 16.3 Å². The van der Waals surface area contributed by atoms with Gasteiger partial charge in [-0.1, -0.05) is 103 Å². The van der Waals surface area contributed by atoms with Crippen LogP contribution in [-0.4, -0.2) is 5.78 Å². The Labute approximate surface area is 228 Å². The van der Waals surface area contributed by atoms with E-state index in [-0.39, 0.29) is 17.7 Å². The number of rotatable bonds is 5. The molecule has 0 fully saturated rings. The average Bonchev–Trinajstić information content (AvgIpc) is 3.00. The predicted octanol–water partition coefficient (Wildman–Crippen LogP) is 8.49. The lowest BCUT2D eigenvalue weighted by Gasteiger charge is -2.37. The van der Waals surface area contributed by atoms with Gasteiger partial charge in [0.1, 0.15) is 12.4 Å². The van der Waals surface area contributed by atoms with Gasteiger partial charge in [0.15, 0.2) is 5.78 Å². The number of hydrogen-bond donors (Lipinski definition) is 1. The van der Waals surface area contributed by atoms with E-state index < -0.39 is 0 Å². The quantitative estimate of drug-likeness (QED) is 0.259. The van der Waals surface area contributed by atoms with E-state index in [0.717, 1.165) is 34.6 Å². The summed E-state index contributed by atoms with van der Waals surface area (Å²) in [5, 5.41) is 6.13. The van der Waals surface area contributed by atoms with Crippen LogP contribution in [0, 0.1) is 0 Å². The molecule has 1 aliphatic carbocycles. The molecule has 0 spiro atoms. The number of hydrogen-bond acceptors (Lipinski definition) is 3. The monoisotopic (exact) mass is 507 g/mol. The fourth-order valence-electron chi connectivity index (χ4n) is 6.16. The maximum atomic E-state index is 13.9. The van der Waals surface area contributed by atoms with E-state index in [9.17, 15) is 4.79 Å². The van der Waals surface area contributed by atoms with Crippen LogP contribution < -0.4 is 10.1 Å². The van der Waals surface area contributed by atoms with Crippen molar-refractivity contribution in [3.63, 3.8) is 0 Å². The van der Waals surface area contributed by atoms with Gasteiger partial charge in [-0.05, 0) is 63.6 Å². The second-order valence-electron chi connectivity index (χ2n) is 10.5. The minimum atomic E-state index is -0.193. The predicted molar refractivity (Wildman–Crippen MR) is 158 cm³/mol. The Hall–Kier alpha value is -4.63. The number of carbonyl (C=O) groups excluding carboxylic acids is 1. The summed E-state index contributed by atoms with van der Waals surface area (Å²) in [7, 11) is 0. The number of fused-ring (bicyclic) bond motifs is 4. The van der Waals surface area contributed by atoms with Crippen molar-refractivity contribution in [3.05, 3.63) is 149 Å². The standard InChI is InChI=1S/C36H29NO2/c38-33-22-28(25-11-5-2-6-12-25)21-31-34-30-14-8-7-13-26(30)17-20-32(34)37-36(35(31)33)27-15-18-29(19-16-27)39-23-24-9-3-1-4-10-24/h1-20,28,36-37H,21-23H2/t28-,36-/m0/s1. The molecule has 3 nitrogen and oxygen atoms in total. The molecule has 0 unspecified atom stereocenters. The minimum absolute atomic E-state index is 0.178. The molecule has 1 N–H and O–H groups in total. The van der Waals surface area contributed by atoms with E-state index in [4.69, 9.17) is 4.74 Å². The summed E-state index contributed by atoms with van der Waals surface area (Å²) in [5.74, 6) is 1.22. The van der Waals surface area contributed by atoms with Crippen LogP contribution in [-0.2, 0) is 11.4 Å². The topological polar surface area (TPSA) is 38.3 Å². The normalized spacial score (nSPS) is 18.3. The summed E-state index contributed by atoms with van der Waals surface area (Å²) in [6.07, 6.45) is 1.38. The highest BCUT2D eigenvalue weighted by Crippen LogP contribution is 2.51. The molecular formula is C36H29NO2. The third kappa shape index (κ3) is 4.40. The fraction of sp³-hybridized carbons (Fsp3) is 0.139. The average molecular weight is 508 g/mol. The van der Waals surface area contributed by atoms with Crippen molar-refractivity contribution < 1.29 is 9.53 Å². The van der Waals surface area contributed by atoms with Gasteiger partial charge in [0.2, 0.25) is 0 Å². The SMILES string of the molecule is O=C1C[C@@H](c2ccccc2)CC2=C1[C@H](c1ccc(OCc3ccccc3)cc1)Nc1ccc3ccccc3c12. The van der Waals surface area contributed by atoms with Crippen molar-refractivity contribution in [1.29, 1.82) is 0 Å². The maximum Gasteiger partial charge on any atom is 0.162 e. The molecule has 2 aliphatic rings. The van der Waals surface area contributed by atoms with Crippen LogP contribution in [0.4, 0.5) is 5.69 Å². The molecule has 0 saturated carbocycles. The first-order chi connectivity index (χ1) is 19.2. The Morgan fingerprint density at radius 2 is 1.41 bits per heavy atom. The molecule has 5 aromatic rings. The third-order valence-electron chi connectivity index (χ3n) is 8.06. The number of ketones is 1. The smallest absolute Gasteiger partial charge is 0.162 e. The highest BCUT2D eigenvalue weighted by Gasteiger charge is 2.38. The third-order valence-corrected chi connectivity index (χ3v) is 8.06.